The van der Waals surface area contributed by atoms with Crippen LogP contribution >= 0.6 is 23.2 Å². The van der Waals surface area contributed by atoms with Crippen molar-refractivity contribution in [1.29, 1.82) is 0 Å². The van der Waals surface area contributed by atoms with E-state index in [-0.39, 0.29) is 0 Å². The van der Waals surface area contributed by atoms with Gasteiger partial charge >= 0.3 is 0 Å². The molecule has 2 aromatic carbocycles. The van der Waals surface area contributed by atoms with Crippen molar-refractivity contribution >= 4 is 23.2 Å². The molecule has 0 nitrogen and oxygen atoms in total. The summed E-state index contributed by atoms with van der Waals surface area (Å²) in [5, 5.41) is 1.50. The molecule has 0 aliphatic heterocycles. The largest absolute Gasteiger partial charge is 0.0840 e. The molecule has 2 aromatic rings. The second-order valence-electron chi connectivity index (χ2n) is 3.58. The Morgan fingerprint density at radius 1 is 0.750 bits per heavy atom. The zero-order valence-electron chi connectivity index (χ0n) is 8.87. The van der Waals surface area contributed by atoms with Crippen LogP contribution in [-0.2, 0) is 0 Å². The maximum atomic E-state index is 6.16. The van der Waals surface area contributed by atoms with Gasteiger partial charge in [-0.3, -0.25) is 0 Å². The summed E-state index contributed by atoms with van der Waals surface area (Å²) in [7, 11) is 0. The van der Waals surface area contributed by atoms with Crippen LogP contribution in [0.5, 0.6) is 0 Å². The van der Waals surface area contributed by atoms with Crippen LogP contribution in [0.3, 0.4) is 0 Å². The molecule has 0 bridgehead atoms. The van der Waals surface area contributed by atoms with Gasteiger partial charge in [-0.05, 0) is 23.3 Å². The van der Waals surface area contributed by atoms with Crippen LogP contribution < -0.4 is 0 Å². The van der Waals surface area contributed by atoms with E-state index < -0.39 is 0 Å². The maximum Gasteiger partial charge on any atom is 0.0447 e. The third-order valence-corrected chi connectivity index (χ3v) is 3.21. The maximum absolute atomic E-state index is 6.16. The Labute approximate surface area is 106 Å². The van der Waals surface area contributed by atoms with Gasteiger partial charge in [-0.25, -0.2) is 0 Å². The zero-order valence-corrected chi connectivity index (χ0v) is 10.4. The Balaban J connectivity index is 2.44. The van der Waals surface area contributed by atoms with Crippen molar-refractivity contribution in [3.8, 4) is 0 Å². The summed E-state index contributed by atoms with van der Waals surface area (Å²) in [5.41, 5.74) is 2.05. The molecule has 0 aliphatic rings. The zero-order chi connectivity index (χ0) is 11.5. The van der Waals surface area contributed by atoms with E-state index in [0.717, 1.165) is 27.1 Å². The molecule has 2 heteroatoms. The van der Waals surface area contributed by atoms with E-state index in [1.54, 1.807) is 0 Å². The Kier molecular flexibility index (Phi) is 3.52. The summed E-state index contributed by atoms with van der Waals surface area (Å²) in [5.74, 6) is 1.09. The molecule has 0 fully saturated rings. The number of hydrogen-bond acceptors (Lipinski definition) is 0. The first-order valence-electron chi connectivity index (χ1n) is 5.03. The smallest absolute Gasteiger partial charge is 0.0447 e. The van der Waals surface area contributed by atoms with E-state index in [4.69, 9.17) is 23.2 Å². The van der Waals surface area contributed by atoms with Gasteiger partial charge in [-0.15, -0.1) is 0 Å². The molecule has 0 saturated carbocycles. The van der Waals surface area contributed by atoms with E-state index in [0.29, 0.717) is 0 Å². The average molecular weight is 250 g/mol. The van der Waals surface area contributed by atoms with Gasteiger partial charge in [0.05, 0.1) is 0 Å². The molecule has 0 unspecified atom stereocenters. The Bertz CT molecular complexity index is 446. The van der Waals surface area contributed by atoms with Crippen LogP contribution in [-0.4, -0.2) is 0 Å². The third kappa shape index (κ3) is 2.23. The van der Waals surface area contributed by atoms with E-state index in [2.05, 4.69) is 0 Å². The van der Waals surface area contributed by atoms with Crippen LogP contribution in [0.1, 0.15) is 18.1 Å². The second-order valence-corrected chi connectivity index (χ2v) is 4.40. The van der Waals surface area contributed by atoms with Gasteiger partial charge in [0, 0.05) is 16.0 Å². The van der Waals surface area contributed by atoms with Crippen molar-refractivity contribution in [2.75, 3.05) is 0 Å². The lowest BCUT2D eigenvalue weighted by atomic mass is 9.93. The van der Waals surface area contributed by atoms with Gasteiger partial charge in [0.1, 0.15) is 0 Å². The molecule has 16 heavy (non-hydrogen) atoms. The molecule has 81 valence electrons. The highest BCUT2D eigenvalue weighted by Crippen LogP contribution is 2.32. The lowest BCUT2D eigenvalue weighted by Crippen LogP contribution is -1.98. The molecule has 0 spiro atoms. The number of halogens is 2. The van der Waals surface area contributed by atoms with Gasteiger partial charge < -0.3 is 0 Å². The summed E-state index contributed by atoms with van der Waals surface area (Å²) in [4.78, 5) is 0. The van der Waals surface area contributed by atoms with E-state index >= 15 is 0 Å². The molecule has 1 radical (unpaired) electrons. The van der Waals surface area contributed by atoms with Crippen molar-refractivity contribution in [2.45, 2.75) is 6.92 Å². The predicted octanol–water partition coefficient (Wildman–Crippen LogP) is 4.98. The quantitative estimate of drug-likeness (QED) is 0.704. The number of hydrogen-bond donors (Lipinski definition) is 0. The molecule has 0 N–H and O–H groups in total. The highest BCUT2D eigenvalue weighted by atomic mass is 35.5. The Morgan fingerprint density at radius 2 is 1.12 bits per heavy atom. The van der Waals surface area contributed by atoms with Crippen LogP contribution in [0, 0.1) is 5.92 Å². The van der Waals surface area contributed by atoms with Crippen LogP contribution in [0.25, 0.3) is 0 Å². The third-order valence-electron chi connectivity index (χ3n) is 2.56. The summed E-state index contributed by atoms with van der Waals surface area (Å²) in [6.07, 6.45) is 0. The molecule has 0 heterocycles. The molecule has 0 aliphatic carbocycles. The van der Waals surface area contributed by atoms with Gasteiger partial charge in [-0.1, -0.05) is 66.5 Å². The minimum atomic E-state index is 0.750. The van der Waals surface area contributed by atoms with Gasteiger partial charge in [0.15, 0.2) is 0 Å². The van der Waals surface area contributed by atoms with Gasteiger partial charge in [0.2, 0.25) is 0 Å². The summed E-state index contributed by atoms with van der Waals surface area (Å²) in [6.45, 7) is 2.03. The molecule has 0 amide bonds. The molecule has 0 saturated heterocycles. The number of benzene rings is 2. The molecular formula is C14H11Cl2. The normalized spacial score (nSPS) is 10.8. The monoisotopic (exact) mass is 249 g/mol. The fourth-order valence-electron chi connectivity index (χ4n) is 1.68. The lowest BCUT2D eigenvalue weighted by molar-refractivity contribution is 1.19. The highest BCUT2D eigenvalue weighted by molar-refractivity contribution is 6.32. The molecule has 2 rings (SSSR count). The van der Waals surface area contributed by atoms with E-state index in [1.165, 1.54) is 0 Å². The first kappa shape index (κ1) is 11.5. The molecule has 0 atom stereocenters. The second kappa shape index (κ2) is 4.90. The lowest BCUT2D eigenvalue weighted by Gasteiger charge is -2.14. The van der Waals surface area contributed by atoms with Crippen molar-refractivity contribution < 1.29 is 0 Å². The molecular weight excluding hydrogens is 239 g/mol. The predicted molar refractivity (Wildman–Crippen MR) is 70.0 cm³/mol. The highest BCUT2D eigenvalue weighted by Gasteiger charge is 2.14. The minimum absolute atomic E-state index is 0.750. The summed E-state index contributed by atoms with van der Waals surface area (Å²) < 4.78 is 0. The van der Waals surface area contributed by atoms with Crippen molar-refractivity contribution in [2.24, 2.45) is 0 Å². The average Bonchev–Trinajstić information content (AvgIpc) is 2.29. The first-order valence-corrected chi connectivity index (χ1v) is 5.79. The fraction of sp³-hybridized carbons (Fsp3) is 0.0714. The van der Waals surface area contributed by atoms with Crippen LogP contribution in [0.4, 0.5) is 0 Å². The topological polar surface area (TPSA) is 0 Å². The van der Waals surface area contributed by atoms with Crippen LogP contribution in [0.2, 0.25) is 10.0 Å². The van der Waals surface area contributed by atoms with Crippen molar-refractivity contribution in [3.05, 3.63) is 75.6 Å². The fourth-order valence-corrected chi connectivity index (χ4v) is 2.23. The van der Waals surface area contributed by atoms with E-state index in [9.17, 15) is 0 Å². The first-order chi connectivity index (χ1) is 7.70. The van der Waals surface area contributed by atoms with Crippen molar-refractivity contribution in [3.63, 3.8) is 0 Å². The van der Waals surface area contributed by atoms with Gasteiger partial charge in [-0.2, -0.15) is 0 Å². The molecule has 0 aromatic heterocycles. The summed E-state index contributed by atoms with van der Waals surface area (Å²) >= 11 is 12.3. The van der Waals surface area contributed by atoms with Crippen LogP contribution in [0.15, 0.2) is 48.5 Å². The minimum Gasteiger partial charge on any atom is -0.0840 e. The van der Waals surface area contributed by atoms with E-state index in [1.807, 2.05) is 55.5 Å². The Hall–Kier alpha value is -0.980. The Morgan fingerprint density at radius 3 is 1.50 bits per heavy atom. The number of rotatable bonds is 2. The SMILES string of the molecule is C[C](c1ccccc1Cl)c1ccccc1Cl. The summed E-state index contributed by atoms with van der Waals surface area (Å²) in [6, 6.07) is 15.6. The van der Waals surface area contributed by atoms with Crippen molar-refractivity contribution in [1.82, 2.24) is 0 Å². The van der Waals surface area contributed by atoms with Gasteiger partial charge in [0.25, 0.3) is 0 Å². The standard InChI is InChI=1S/C14H11Cl2/c1-10(11-6-2-4-8-13(11)15)12-7-3-5-9-14(12)16/h2-9H,1H3.